The molecule has 0 fully saturated rings. The molecule has 4 nitrogen and oxygen atoms in total. The number of rotatable bonds is 4. The van der Waals surface area contributed by atoms with Crippen molar-refractivity contribution in [2.45, 2.75) is 17.2 Å². The van der Waals surface area contributed by atoms with Crippen LogP contribution in [0.1, 0.15) is 32.5 Å². The van der Waals surface area contributed by atoms with Gasteiger partial charge in [0.1, 0.15) is 4.88 Å². The average Bonchev–Trinajstić information content (AvgIpc) is 3.07. The summed E-state index contributed by atoms with van der Waals surface area (Å²) in [5, 5.41) is 13.3. The van der Waals surface area contributed by atoms with Crippen LogP contribution < -0.4 is 5.32 Å². The number of anilines is 1. The monoisotopic (exact) mass is 429 g/mol. The van der Waals surface area contributed by atoms with E-state index in [1.54, 1.807) is 36.0 Å². The number of aromatic carboxylic acids is 1. The van der Waals surface area contributed by atoms with Gasteiger partial charge in [-0.1, -0.05) is 35.9 Å². The molecule has 2 heterocycles. The molecule has 2 N–H and O–H groups in total. The van der Waals surface area contributed by atoms with Gasteiger partial charge < -0.3 is 10.4 Å². The Labute approximate surface area is 175 Å². The van der Waals surface area contributed by atoms with Gasteiger partial charge in [-0.3, -0.25) is 4.79 Å². The Balaban J connectivity index is 1.89. The molecule has 7 heteroatoms. The molecule has 28 heavy (non-hydrogen) atoms. The molecular weight excluding hydrogens is 414 g/mol. The van der Waals surface area contributed by atoms with Gasteiger partial charge in [0.2, 0.25) is 5.91 Å². The molecule has 1 amide bonds. The molecule has 0 saturated carbocycles. The SMILES string of the molecule is CSc1ccc(C2CC(=O)Nc3c2sc(C(=O)O)c3-c2ccc(Cl)cc2)cc1. The zero-order chi connectivity index (χ0) is 19.8. The van der Waals surface area contributed by atoms with Crippen molar-refractivity contribution in [3.05, 3.63) is 68.9 Å². The molecule has 1 aromatic heterocycles. The van der Waals surface area contributed by atoms with Gasteiger partial charge >= 0.3 is 5.97 Å². The van der Waals surface area contributed by atoms with E-state index in [-0.39, 0.29) is 16.7 Å². The third kappa shape index (κ3) is 3.43. The van der Waals surface area contributed by atoms with Crippen LogP contribution in [0, 0.1) is 0 Å². The molecule has 0 spiro atoms. The lowest BCUT2D eigenvalue weighted by molar-refractivity contribution is -0.116. The fraction of sp³-hybridized carbons (Fsp3) is 0.143. The highest BCUT2D eigenvalue weighted by atomic mass is 35.5. The van der Waals surface area contributed by atoms with E-state index >= 15 is 0 Å². The second-order valence-corrected chi connectivity index (χ2v) is 8.80. The Kier molecular flexibility index (Phi) is 5.19. The lowest BCUT2D eigenvalue weighted by Crippen LogP contribution is -2.22. The first-order valence-electron chi connectivity index (χ1n) is 8.57. The molecule has 142 valence electrons. The van der Waals surface area contributed by atoms with Crippen molar-refractivity contribution in [1.82, 2.24) is 0 Å². The number of carboxylic acid groups (broad SMARTS) is 1. The van der Waals surface area contributed by atoms with Crippen LogP contribution in [0.2, 0.25) is 5.02 Å². The highest BCUT2D eigenvalue weighted by Gasteiger charge is 2.34. The second kappa shape index (κ2) is 7.62. The molecule has 1 aliphatic rings. The van der Waals surface area contributed by atoms with E-state index in [1.165, 1.54) is 11.3 Å². The summed E-state index contributed by atoms with van der Waals surface area (Å²) in [4.78, 5) is 26.7. The van der Waals surface area contributed by atoms with E-state index in [4.69, 9.17) is 11.6 Å². The van der Waals surface area contributed by atoms with E-state index in [0.717, 1.165) is 20.9 Å². The predicted octanol–water partition coefficient (Wildman–Crippen LogP) is 5.96. The summed E-state index contributed by atoms with van der Waals surface area (Å²) in [6.07, 6.45) is 2.31. The van der Waals surface area contributed by atoms with Gasteiger partial charge in [0, 0.05) is 32.7 Å². The van der Waals surface area contributed by atoms with Crippen molar-refractivity contribution < 1.29 is 14.7 Å². The molecule has 1 aliphatic heterocycles. The molecule has 0 radical (unpaired) electrons. The first-order chi connectivity index (χ1) is 13.5. The van der Waals surface area contributed by atoms with Gasteiger partial charge in [-0.25, -0.2) is 4.79 Å². The van der Waals surface area contributed by atoms with Gasteiger partial charge in [-0.15, -0.1) is 23.1 Å². The van der Waals surface area contributed by atoms with Gasteiger partial charge in [0.25, 0.3) is 0 Å². The van der Waals surface area contributed by atoms with E-state index in [0.29, 0.717) is 22.7 Å². The van der Waals surface area contributed by atoms with Crippen LogP contribution in [-0.2, 0) is 4.79 Å². The summed E-state index contributed by atoms with van der Waals surface area (Å²) in [6.45, 7) is 0. The maximum absolute atomic E-state index is 12.5. The third-order valence-corrected chi connectivity index (χ3v) is 7.04. The van der Waals surface area contributed by atoms with Crippen LogP contribution in [0.5, 0.6) is 0 Å². The number of thioether (sulfide) groups is 1. The van der Waals surface area contributed by atoms with E-state index in [2.05, 4.69) is 5.32 Å². The maximum atomic E-state index is 12.5. The second-order valence-electron chi connectivity index (χ2n) is 6.44. The number of carboxylic acids is 1. The number of hydrogen-bond acceptors (Lipinski definition) is 4. The lowest BCUT2D eigenvalue weighted by Gasteiger charge is -2.24. The Morgan fingerprint density at radius 2 is 1.86 bits per heavy atom. The molecule has 0 bridgehead atoms. The minimum Gasteiger partial charge on any atom is -0.477 e. The average molecular weight is 430 g/mol. The van der Waals surface area contributed by atoms with Crippen molar-refractivity contribution in [2.75, 3.05) is 11.6 Å². The van der Waals surface area contributed by atoms with E-state index in [9.17, 15) is 14.7 Å². The van der Waals surface area contributed by atoms with Crippen LogP contribution >= 0.6 is 34.7 Å². The fourth-order valence-electron chi connectivity index (χ4n) is 3.43. The van der Waals surface area contributed by atoms with Gasteiger partial charge in [0.05, 0.1) is 5.69 Å². The summed E-state index contributed by atoms with van der Waals surface area (Å²) in [6, 6.07) is 15.1. The number of benzene rings is 2. The van der Waals surface area contributed by atoms with Crippen molar-refractivity contribution in [3.63, 3.8) is 0 Å². The van der Waals surface area contributed by atoms with Crippen molar-refractivity contribution in [2.24, 2.45) is 0 Å². The van der Waals surface area contributed by atoms with Crippen LogP contribution in [0.25, 0.3) is 11.1 Å². The number of thiophene rings is 1. The van der Waals surface area contributed by atoms with E-state index < -0.39 is 5.97 Å². The smallest absolute Gasteiger partial charge is 0.346 e. The zero-order valence-electron chi connectivity index (χ0n) is 14.9. The Morgan fingerprint density at radius 1 is 1.18 bits per heavy atom. The largest absolute Gasteiger partial charge is 0.477 e. The quantitative estimate of drug-likeness (QED) is 0.502. The van der Waals surface area contributed by atoms with Crippen LogP contribution in [0.15, 0.2) is 53.4 Å². The number of amides is 1. The molecule has 4 rings (SSSR count). The molecule has 3 aromatic rings. The highest BCUT2D eigenvalue weighted by molar-refractivity contribution is 7.98. The number of carbonyl (C=O) groups excluding carboxylic acids is 1. The number of carbonyl (C=O) groups is 2. The van der Waals surface area contributed by atoms with Gasteiger partial charge in [-0.05, 0) is 41.6 Å². The molecule has 0 aliphatic carbocycles. The van der Waals surface area contributed by atoms with Gasteiger partial charge in [-0.2, -0.15) is 0 Å². The summed E-state index contributed by atoms with van der Waals surface area (Å²) in [7, 11) is 0. The van der Waals surface area contributed by atoms with Crippen LogP contribution in [0.3, 0.4) is 0 Å². The number of halogens is 1. The normalized spacial score (nSPS) is 15.8. The van der Waals surface area contributed by atoms with Crippen molar-refractivity contribution in [1.29, 1.82) is 0 Å². The van der Waals surface area contributed by atoms with Crippen molar-refractivity contribution >= 4 is 52.3 Å². The number of fused-ring (bicyclic) bond motifs is 1. The molecule has 0 saturated heterocycles. The van der Waals surface area contributed by atoms with E-state index in [1.807, 2.05) is 30.5 Å². The number of nitrogens with one attached hydrogen (secondary N) is 1. The van der Waals surface area contributed by atoms with Crippen LogP contribution in [0.4, 0.5) is 5.69 Å². The molecule has 1 unspecified atom stereocenters. The summed E-state index contributed by atoms with van der Waals surface area (Å²) >= 11 is 8.87. The fourth-order valence-corrected chi connectivity index (χ4v) is 5.22. The zero-order valence-corrected chi connectivity index (χ0v) is 17.3. The maximum Gasteiger partial charge on any atom is 0.346 e. The number of hydrogen-bond donors (Lipinski definition) is 2. The third-order valence-electron chi connectivity index (χ3n) is 4.75. The van der Waals surface area contributed by atoms with Gasteiger partial charge in [0.15, 0.2) is 0 Å². The minimum absolute atomic E-state index is 0.114. The Morgan fingerprint density at radius 3 is 2.46 bits per heavy atom. The first-order valence-corrected chi connectivity index (χ1v) is 11.0. The molecular formula is C21H16ClNO3S2. The standard InChI is InChI=1S/C21H16ClNO3S2/c1-27-14-8-4-11(5-9-14)15-10-16(24)23-18-17(12-2-6-13(22)7-3-12)20(21(25)26)28-19(15)18/h2-9,15H,10H2,1H3,(H,23,24)(H,25,26). The Bertz CT molecular complexity index is 1060. The predicted molar refractivity (Wildman–Crippen MR) is 115 cm³/mol. The molecule has 1 atom stereocenters. The lowest BCUT2D eigenvalue weighted by atomic mass is 9.89. The van der Waals surface area contributed by atoms with Crippen molar-refractivity contribution in [3.8, 4) is 11.1 Å². The minimum atomic E-state index is -1.00. The topological polar surface area (TPSA) is 66.4 Å². The molecule has 2 aromatic carbocycles. The Hall–Kier alpha value is -2.28. The van der Waals surface area contributed by atoms with Crippen LogP contribution in [-0.4, -0.2) is 23.2 Å². The summed E-state index contributed by atoms with van der Waals surface area (Å²) in [5.74, 6) is -1.28. The first kappa shape index (κ1) is 19.1. The summed E-state index contributed by atoms with van der Waals surface area (Å²) in [5.41, 5.74) is 2.87. The summed E-state index contributed by atoms with van der Waals surface area (Å²) < 4.78 is 0. The highest BCUT2D eigenvalue weighted by Crippen LogP contribution is 2.49.